The summed E-state index contributed by atoms with van der Waals surface area (Å²) in [7, 11) is 6.23. The molecule has 0 aromatic carbocycles. The molecule has 0 saturated carbocycles. The molecule has 0 radical (unpaired) electrons. The molecule has 0 amide bonds. The quantitative estimate of drug-likeness (QED) is 0.608. The first-order valence-corrected chi connectivity index (χ1v) is 7.83. The second-order valence-electron chi connectivity index (χ2n) is 6.18. The highest BCUT2D eigenvalue weighted by Crippen LogP contribution is 2.22. The Bertz CT molecular complexity index is 474. The smallest absolute Gasteiger partial charge is 0.130 e. The highest BCUT2D eigenvalue weighted by Gasteiger charge is 2.26. The summed E-state index contributed by atoms with van der Waals surface area (Å²) in [6.45, 7) is 5.30. The Balaban J connectivity index is 2.02. The number of nitrogens with one attached hydrogen (secondary N) is 1. The molecule has 21 heavy (non-hydrogen) atoms. The van der Waals surface area contributed by atoms with Crippen LogP contribution in [0.3, 0.4) is 0 Å². The van der Waals surface area contributed by atoms with Crippen LogP contribution in [-0.2, 0) is 13.5 Å². The normalized spacial score (nSPS) is 22.7. The van der Waals surface area contributed by atoms with E-state index in [1.807, 2.05) is 14.0 Å². The second-order valence-corrected chi connectivity index (χ2v) is 6.54. The van der Waals surface area contributed by atoms with Crippen LogP contribution in [0.5, 0.6) is 0 Å². The first kappa shape index (κ1) is 16.7. The lowest BCUT2D eigenvalue weighted by molar-refractivity contribution is 0.101. The van der Waals surface area contributed by atoms with Crippen molar-refractivity contribution < 1.29 is 0 Å². The van der Waals surface area contributed by atoms with Gasteiger partial charge in [0.25, 0.3) is 0 Å². The summed E-state index contributed by atoms with van der Waals surface area (Å²) in [6.07, 6.45) is 1.81. The lowest BCUT2D eigenvalue weighted by atomic mass is 9.98. The highest BCUT2D eigenvalue weighted by atomic mass is 35.5. The minimum Gasteiger partial charge on any atom is -0.304 e. The van der Waals surface area contributed by atoms with Crippen molar-refractivity contribution in [3.05, 3.63) is 16.4 Å². The Hall–Kier alpha value is -0.660. The van der Waals surface area contributed by atoms with Crippen molar-refractivity contribution >= 4 is 11.6 Å². The predicted molar refractivity (Wildman–Crippen MR) is 86.3 cm³/mol. The lowest BCUT2D eigenvalue weighted by Crippen LogP contribution is -2.53. The van der Waals surface area contributed by atoms with Crippen LogP contribution in [0.4, 0.5) is 0 Å². The van der Waals surface area contributed by atoms with Crippen LogP contribution >= 0.6 is 11.6 Å². The average Bonchev–Trinajstić information content (AvgIpc) is 2.68. The molecule has 3 N–H and O–H groups in total. The first-order chi connectivity index (χ1) is 9.92. The van der Waals surface area contributed by atoms with Crippen molar-refractivity contribution in [3.63, 3.8) is 0 Å². The summed E-state index contributed by atoms with van der Waals surface area (Å²) >= 11 is 6.32. The molecule has 1 fully saturated rings. The van der Waals surface area contributed by atoms with Crippen molar-refractivity contribution in [2.45, 2.75) is 31.8 Å². The zero-order chi connectivity index (χ0) is 15.6. The van der Waals surface area contributed by atoms with Gasteiger partial charge in [-0.1, -0.05) is 11.6 Å². The van der Waals surface area contributed by atoms with E-state index < -0.39 is 0 Å². The van der Waals surface area contributed by atoms with Gasteiger partial charge in [-0.2, -0.15) is 5.10 Å². The maximum Gasteiger partial charge on any atom is 0.130 e. The molecule has 1 aromatic rings. The minimum atomic E-state index is 0.198. The number of nitrogens with two attached hydrogens (primary N) is 1. The number of aryl methyl sites for hydroxylation is 2. The third kappa shape index (κ3) is 3.96. The zero-order valence-electron chi connectivity index (χ0n) is 13.4. The zero-order valence-corrected chi connectivity index (χ0v) is 14.2. The fourth-order valence-electron chi connectivity index (χ4n) is 3.05. The Morgan fingerprint density at radius 1 is 1.38 bits per heavy atom. The molecule has 0 spiro atoms. The summed E-state index contributed by atoms with van der Waals surface area (Å²) in [5.41, 5.74) is 5.03. The van der Waals surface area contributed by atoms with Gasteiger partial charge in [-0.3, -0.25) is 16.0 Å². The fraction of sp³-hybridized carbons (Fsp3) is 0.786. The van der Waals surface area contributed by atoms with Crippen molar-refractivity contribution in [2.24, 2.45) is 12.9 Å². The summed E-state index contributed by atoms with van der Waals surface area (Å²) in [5.74, 6) is 5.77. The van der Waals surface area contributed by atoms with Gasteiger partial charge in [0.1, 0.15) is 5.15 Å². The van der Waals surface area contributed by atoms with Crippen LogP contribution < -0.4 is 11.3 Å². The molecule has 0 bridgehead atoms. The second kappa shape index (κ2) is 7.07. The first-order valence-electron chi connectivity index (χ1n) is 7.45. The molecular formula is C14H27ClN6. The van der Waals surface area contributed by atoms with E-state index in [1.165, 1.54) is 0 Å². The number of likely N-dealkylation sites (N-methyl/N-ethyl adjacent to an activating group) is 2. The third-order valence-corrected chi connectivity index (χ3v) is 4.97. The van der Waals surface area contributed by atoms with Crippen LogP contribution in [-0.4, -0.2) is 65.4 Å². The van der Waals surface area contributed by atoms with Crippen molar-refractivity contribution in [2.75, 3.05) is 33.7 Å². The fourth-order valence-corrected chi connectivity index (χ4v) is 3.30. The Kier molecular flexibility index (Phi) is 5.62. The van der Waals surface area contributed by atoms with Crippen LogP contribution in [0.15, 0.2) is 0 Å². The van der Waals surface area contributed by atoms with Crippen LogP contribution in [0.25, 0.3) is 0 Å². The van der Waals surface area contributed by atoms with Gasteiger partial charge in [0.05, 0.1) is 5.69 Å². The number of halogens is 1. The molecule has 1 aliphatic heterocycles. The molecule has 2 unspecified atom stereocenters. The summed E-state index contributed by atoms with van der Waals surface area (Å²) in [4.78, 5) is 4.79. The number of hydrogen-bond acceptors (Lipinski definition) is 5. The number of hydrazine groups is 1. The maximum atomic E-state index is 6.32. The molecule has 2 rings (SSSR count). The number of hydrogen-bond donors (Lipinski definition) is 2. The van der Waals surface area contributed by atoms with Gasteiger partial charge in [-0.05, 0) is 33.9 Å². The van der Waals surface area contributed by atoms with E-state index in [1.54, 1.807) is 4.68 Å². The Morgan fingerprint density at radius 3 is 2.67 bits per heavy atom. The van der Waals surface area contributed by atoms with E-state index >= 15 is 0 Å². The third-order valence-electron chi connectivity index (χ3n) is 4.49. The van der Waals surface area contributed by atoms with Gasteiger partial charge in [-0.15, -0.1) is 0 Å². The molecular weight excluding hydrogens is 288 g/mol. The largest absolute Gasteiger partial charge is 0.304 e. The standard InChI is InChI=1S/C14H27ClN6/c1-10-13(14(15)21(4)18-10)8-11(17-16)7-12-9-19(2)5-6-20(12)3/h11-12,17H,5-9,16H2,1-4H3. The van der Waals surface area contributed by atoms with Crippen LogP contribution in [0.1, 0.15) is 17.7 Å². The van der Waals surface area contributed by atoms with Crippen molar-refractivity contribution in [1.29, 1.82) is 0 Å². The van der Waals surface area contributed by atoms with Crippen molar-refractivity contribution in [1.82, 2.24) is 25.0 Å². The molecule has 1 aliphatic rings. The van der Waals surface area contributed by atoms with Gasteiger partial charge in [0.15, 0.2) is 0 Å². The number of nitrogens with zero attached hydrogens (tertiary/aromatic N) is 4. The molecule has 2 heterocycles. The summed E-state index contributed by atoms with van der Waals surface area (Å²) in [6, 6.07) is 0.713. The van der Waals surface area contributed by atoms with Gasteiger partial charge < -0.3 is 9.80 Å². The monoisotopic (exact) mass is 314 g/mol. The van der Waals surface area contributed by atoms with Gasteiger partial charge >= 0.3 is 0 Å². The summed E-state index contributed by atoms with van der Waals surface area (Å²) in [5, 5.41) is 5.08. The number of piperazine rings is 1. The Morgan fingerprint density at radius 2 is 2.10 bits per heavy atom. The van der Waals surface area contributed by atoms with Crippen LogP contribution in [0.2, 0.25) is 5.15 Å². The summed E-state index contributed by atoms with van der Waals surface area (Å²) < 4.78 is 1.72. The SMILES string of the molecule is Cc1nn(C)c(Cl)c1CC(CC1CN(C)CCN1C)NN. The van der Waals surface area contributed by atoms with E-state index in [0.717, 1.165) is 43.7 Å². The molecule has 6 nitrogen and oxygen atoms in total. The molecule has 120 valence electrons. The number of aromatic nitrogens is 2. The van der Waals surface area contributed by atoms with Crippen molar-refractivity contribution in [3.8, 4) is 0 Å². The molecule has 2 atom stereocenters. The van der Waals surface area contributed by atoms with E-state index in [4.69, 9.17) is 17.4 Å². The molecule has 7 heteroatoms. The van der Waals surface area contributed by atoms with Crippen LogP contribution in [0, 0.1) is 6.92 Å². The van der Waals surface area contributed by atoms with E-state index in [-0.39, 0.29) is 6.04 Å². The molecule has 1 saturated heterocycles. The lowest BCUT2D eigenvalue weighted by Gasteiger charge is -2.39. The highest BCUT2D eigenvalue weighted by molar-refractivity contribution is 6.30. The average molecular weight is 315 g/mol. The van der Waals surface area contributed by atoms with E-state index in [2.05, 4.69) is 34.4 Å². The van der Waals surface area contributed by atoms with E-state index in [9.17, 15) is 0 Å². The molecule has 0 aliphatic carbocycles. The molecule has 1 aromatic heterocycles. The predicted octanol–water partition coefficient (Wildman–Crippen LogP) is 0.392. The topological polar surface area (TPSA) is 62.4 Å². The van der Waals surface area contributed by atoms with Gasteiger partial charge in [0.2, 0.25) is 0 Å². The van der Waals surface area contributed by atoms with E-state index in [0.29, 0.717) is 11.2 Å². The van der Waals surface area contributed by atoms with Gasteiger partial charge in [0, 0.05) is 44.3 Å². The van der Waals surface area contributed by atoms with Gasteiger partial charge in [-0.25, -0.2) is 0 Å². The minimum absolute atomic E-state index is 0.198. The number of rotatable bonds is 5. The Labute approximate surface area is 132 Å². The maximum absolute atomic E-state index is 6.32.